The fourth-order valence-electron chi connectivity index (χ4n) is 2.43. The lowest BCUT2D eigenvalue weighted by Gasteiger charge is -2.16. The number of halogens is 1. The molecule has 2 aromatic rings. The van der Waals surface area contributed by atoms with Crippen molar-refractivity contribution >= 4 is 23.5 Å². The largest absolute Gasteiger partial charge is 0.351 e. The van der Waals surface area contributed by atoms with E-state index in [1.165, 1.54) is 17.0 Å². The molecule has 2 aromatic heterocycles. The number of nitrogens with zero attached hydrogens (tertiary/aromatic N) is 3. The smallest absolute Gasteiger partial charge is 0.224 e. The van der Waals surface area contributed by atoms with Gasteiger partial charge in [-0.1, -0.05) is 0 Å². The van der Waals surface area contributed by atoms with Crippen LogP contribution in [0.3, 0.4) is 0 Å². The van der Waals surface area contributed by atoms with Crippen LogP contribution in [0.1, 0.15) is 23.4 Å². The number of aryl methyl sites for hydroxylation is 1. The van der Waals surface area contributed by atoms with Crippen LogP contribution in [0, 0.1) is 6.92 Å². The average Bonchev–Trinajstić information content (AvgIpc) is 2.65. The zero-order chi connectivity index (χ0) is 13.4. The Morgan fingerprint density at radius 2 is 2.21 bits per heavy atom. The van der Waals surface area contributed by atoms with E-state index in [-0.39, 0.29) is 5.28 Å². The second-order valence-corrected chi connectivity index (χ2v) is 5.09. The van der Waals surface area contributed by atoms with Crippen LogP contribution in [0.2, 0.25) is 5.28 Å². The van der Waals surface area contributed by atoms with Gasteiger partial charge in [-0.15, -0.1) is 0 Å². The summed E-state index contributed by atoms with van der Waals surface area (Å²) in [5.74, 6) is 0.738. The predicted octanol–water partition coefficient (Wildman–Crippen LogP) is 3.18. The topological polar surface area (TPSA) is 42.7 Å². The van der Waals surface area contributed by atoms with E-state index < -0.39 is 0 Å². The summed E-state index contributed by atoms with van der Waals surface area (Å²) in [7, 11) is 2.12. The SMILES string of the molecule is Cc1cc2c(n1C)CCC(Nc1ccnc(Cl)n1)=C2. The van der Waals surface area contributed by atoms with Crippen LogP contribution >= 0.6 is 11.6 Å². The Balaban J connectivity index is 1.87. The molecule has 3 rings (SSSR count). The van der Waals surface area contributed by atoms with E-state index in [9.17, 15) is 0 Å². The molecule has 0 saturated carbocycles. The highest BCUT2D eigenvalue weighted by Gasteiger charge is 2.15. The Morgan fingerprint density at radius 1 is 1.37 bits per heavy atom. The summed E-state index contributed by atoms with van der Waals surface area (Å²) in [6.07, 6.45) is 5.85. The van der Waals surface area contributed by atoms with Crippen LogP contribution in [0.5, 0.6) is 0 Å². The monoisotopic (exact) mass is 274 g/mol. The molecule has 0 amide bonds. The predicted molar refractivity (Wildman–Crippen MR) is 77.1 cm³/mol. The molecule has 0 aliphatic heterocycles. The minimum atomic E-state index is 0.262. The zero-order valence-corrected chi connectivity index (χ0v) is 11.7. The molecule has 0 radical (unpaired) electrons. The Bertz CT molecular complexity index is 657. The molecule has 4 nitrogen and oxygen atoms in total. The van der Waals surface area contributed by atoms with Crippen molar-refractivity contribution in [2.45, 2.75) is 19.8 Å². The van der Waals surface area contributed by atoms with E-state index in [4.69, 9.17) is 11.6 Å². The molecular weight excluding hydrogens is 260 g/mol. The van der Waals surface area contributed by atoms with Crippen LogP contribution in [0.25, 0.3) is 6.08 Å². The second kappa shape index (κ2) is 4.70. The van der Waals surface area contributed by atoms with Crippen molar-refractivity contribution in [3.05, 3.63) is 46.3 Å². The highest BCUT2D eigenvalue weighted by atomic mass is 35.5. The number of nitrogens with one attached hydrogen (secondary N) is 1. The van der Waals surface area contributed by atoms with E-state index >= 15 is 0 Å². The van der Waals surface area contributed by atoms with Gasteiger partial charge in [0.05, 0.1) is 0 Å². The Morgan fingerprint density at radius 3 is 3.00 bits per heavy atom. The summed E-state index contributed by atoms with van der Waals surface area (Å²) in [5, 5.41) is 3.57. The summed E-state index contributed by atoms with van der Waals surface area (Å²) < 4.78 is 2.25. The van der Waals surface area contributed by atoms with Gasteiger partial charge < -0.3 is 9.88 Å². The maximum Gasteiger partial charge on any atom is 0.224 e. The first-order valence-corrected chi connectivity index (χ1v) is 6.62. The van der Waals surface area contributed by atoms with E-state index in [2.05, 4.69) is 46.0 Å². The number of fused-ring (bicyclic) bond motifs is 1. The first-order valence-electron chi connectivity index (χ1n) is 6.25. The minimum Gasteiger partial charge on any atom is -0.351 e. The molecular formula is C14H15ClN4. The number of allylic oxidation sites excluding steroid dienone is 1. The van der Waals surface area contributed by atoms with Gasteiger partial charge in [-0.3, -0.25) is 0 Å². The van der Waals surface area contributed by atoms with Crippen molar-refractivity contribution in [1.29, 1.82) is 0 Å². The van der Waals surface area contributed by atoms with Crippen molar-refractivity contribution in [2.24, 2.45) is 7.05 Å². The molecule has 5 heteroatoms. The van der Waals surface area contributed by atoms with Gasteiger partial charge in [-0.05, 0) is 55.1 Å². The van der Waals surface area contributed by atoms with Crippen LogP contribution < -0.4 is 5.32 Å². The molecule has 1 aliphatic carbocycles. The van der Waals surface area contributed by atoms with Crippen LogP contribution in [-0.4, -0.2) is 14.5 Å². The lowest BCUT2D eigenvalue weighted by atomic mass is 10.0. The summed E-state index contributed by atoms with van der Waals surface area (Å²) in [4.78, 5) is 8.02. The molecule has 0 saturated heterocycles. The molecule has 1 aliphatic rings. The van der Waals surface area contributed by atoms with Gasteiger partial charge in [0.1, 0.15) is 5.82 Å². The van der Waals surface area contributed by atoms with Gasteiger partial charge in [-0.25, -0.2) is 9.97 Å². The van der Waals surface area contributed by atoms with Crippen LogP contribution in [-0.2, 0) is 13.5 Å². The number of hydrogen-bond donors (Lipinski definition) is 1. The fraction of sp³-hybridized carbons (Fsp3) is 0.286. The highest BCUT2D eigenvalue weighted by molar-refractivity contribution is 6.28. The van der Waals surface area contributed by atoms with E-state index in [1.54, 1.807) is 6.20 Å². The van der Waals surface area contributed by atoms with Crippen molar-refractivity contribution in [1.82, 2.24) is 14.5 Å². The fourth-order valence-corrected chi connectivity index (χ4v) is 2.58. The van der Waals surface area contributed by atoms with E-state index in [0.717, 1.165) is 24.4 Å². The molecule has 2 heterocycles. The Kier molecular flexibility index (Phi) is 3.03. The van der Waals surface area contributed by atoms with Gasteiger partial charge in [0.2, 0.25) is 5.28 Å². The number of anilines is 1. The lowest BCUT2D eigenvalue weighted by Crippen LogP contribution is -2.09. The molecule has 0 spiro atoms. The normalized spacial score (nSPS) is 13.9. The van der Waals surface area contributed by atoms with Crippen LogP contribution in [0.15, 0.2) is 24.0 Å². The molecule has 0 aromatic carbocycles. The number of hydrogen-bond acceptors (Lipinski definition) is 3. The quantitative estimate of drug-likeness (QED) is 0.856. The maximum atomic E-state index is 5.78. The zero-order valence-electron chi connectivity index (χ0n) is 10.9. The van der Waals surface area contributed by atoms with E-state index in [1.807, 2.05) is 6.07 Å². The van der Waals surface area contributed by atoms with Crippen molar-refractivity contribution < 1.29 is 0 Å². The van der Waals surface area contributed by atoms with Gasteiger partial charge in [0.15, 0.2) is 0 Å². The Labute approximate surface area is 117 Å². The van der Waals surface area contributed by atoms with Gasteiger partial charge in [-0.2, -0.15) is 0 Å². The molecule has 19 heavy (non-hydrogen) atoms. The highest BCUT2D eigenvalue weighted by Crippen LogP contribution is 2.26. The molecule has 0 unspecified atom stereocenters. The molecule has 98 valence electrons. The third-order valence-electron chi connectivity index (χ3n) is 3.51. The van der Waals surface area contributed by atoms with Gasteiger partial charge in [0, 0.05) is 30.3 Å². The summed E-state index contributed by atoms with van der Waals surface area (Å²) in [6.45, 7) is 2.13. The summed E-state index contributed by atoms with van der Waals surface area (Å²) in [5.41, 5.74) is 5.12. The van der Waals surface area contributed by atoms with Crippen molar-refractivity contribution in [2.75, 3.05) is 5.32 Å². The summed E-state index contributed by atoms with van der Waals surface area (Å²) in [6, 6.07) is 4.03. The molecule has 0 atom stereocenters. The average molecular weight is 275 g/mol. The lowest BCUT2D eigenvalue weighted by molar-refractivity contribution is 0.770. The summed E-state index contributed by atoms with van der Waals surface area (Å²) >= 11 is 5.78. The third kappa shape index (κ3) is 2.36. The van der Waals surface area contributed by atoms with Crippen molar-refractivity contribution in [3.63, 3.8) is 0 Å². The first-order chi connectivity index (χ1) is 9.13. The number of aromatic nitrogens is 3. The first kappa shape index (κ1) is 12.2. The standard InChI is InChI=1S/C14H15ClN4/c1-9-7-10-8-11(3-4-12(10)19(9)2)17-13-5-6-16-14(15)18-13/h5-8H,3-4H2,1-2H3,(H,16,17,18). The third-order valence-corrected chi connectivity index (χ3v) is 3.69. The van der Waals surface area contributed by atoms with E-state index in [0.29, 0.717) is 0 Å². The second-order valence-electron chi connectivity index (χ2n) is 4.75. The Hall–Kier alpha value is -1.81. The van der Waals surface area contributed by atoms with Gasteiger partial charge >= 0.3 is 0 Å². The molecule has 0 bridgehead atoms. The number of rotatable bonds is 2. The molecule has 0 fully saturated rings. The van der Waals surface area contributed by atoms with Crippen LogP contribution in [0.4, 0.5) is 5.82 Å². The van der Waals surface area contributed by atoms with Gasteiger partial charge in [0.25, 0.3) is 0 Å². The minimum absolute atomic E-state index is 0.262. The maximum absolute atomic E-state index is 5.78. The van der Waals surface area contributed by atoms with Crippen molar-refractivity contribution in [3.8, 4) is 0 Å². The molecule has 1 N–H and O–H groups in total.